The van der Waals surface area contributed by atoms with Crippen molar-refractivity contribution in [2.24, 2.45) is 4.99 Å². The maximum absolute atomic E-state index is 12.5. The molecule has 0 spiro atoms. The standard InChI is InChI=1S/C11H8BrF3N2.CH3I/c12-9-5-16-7-17(6-9)10-3-1-2-8(4-10)11(13,14)15;1-2/h1-6H,7H2;1H3. The summed E-state index contributed by atoms with van der Waals surface area (Å²) < 4.78 is 38.3. The summed E-state index contributed by atoms with van der Waals surface area (Å²) in [5.74, 6) is 0. The lowest BCUT2D eigenvalue weighted by molar-refractivity contribution is -0.137. The number of nitrogens with zero attached hydrogens (tertiary/aromatic N) is 2. The Balaban J connectivity index is 0.000000861. The summed E-state index contributed by atoms with van der Waals surface area (Å²) in [6.07, 6.45) is -1.01. The third kappa shape index (κ3) is 4.79. The number of rotatable bonds is 1. The minimum absolute atomic E-state index is 0.316. The van der Waals surface area contributed by atoms with Gasteiger partial charge >= 0.3 is 6.18 Å². The van der Waals surface area contributed by atoms with Gasteiger partial charge in [0.15, 0.2) is 0 Å². The van der Waals surface area contributed by atoms with E-state index in [-0.39, 0.29) is 0 Å². The van der Waals surface area contributed by atoms with Crippen LogP contribution in [-0.2, 0) is 6.18 Å². The molecule has 2 nitrogen and oxygen atoms in total. The van der Waals surface area contributed by atoms with E-state index in [1.807, 2.05) is 4.93 Å². The van der Waals surface area contributed by atoms with Gasteiger partial charge in [-0.25, -0.2) is 0 Å². The van der Waals surface area contributed by atoms with Crippen LogP contribution in [0.15, 0.2) is 39.9 Å². The maximum atomic E-state index is 12.5. The number of allylic oxidation sites excluding steroid dienone is 1. The summed E-state index contributed by atoms with van der Waals surface area (Å²) in [5, 5.41) is 0. The first-order valence-electron chi connectivity index (χ1n) is 5.16. The topological polar surface area (TPSA) is 15.6 Å². The Labute approximate surface area is 131 Å². The number of hydrogen-bond donors (Lipinski definition) is 0. The van der Waals surface area contributed by atoms with Crippen LogP contribution in [0.5, 0.6) is 0 Å². The quantitative estimate of drug-likeness (QED) is 0.445. The average molecular weight is 447 g/mol. The number of halogens is 5. The highest BCUT2D eigenvalue weighted by Gasteiger charge is 2.30. The van der Waals surface area contributed by atoms with Crippen LogP contribution in [0.2, 0.25) is 0 Å². The molecule has 2 rings (SSSR count). The largest absolute Gasteiger partial charge is 0.416 e. The molecule has 1 heterocycles. The summed E-state index contributed by atoms with van der Waals surface area (Å²) in [6.45, 7) is 0.316. The zero-order valence-corrected chi connectivity index (χ0v) is 13.7. The van der Waals surface area contributed by atoms with Crippen molar-refractivity contribution in [3.05, 3.63) is 40.5 Å². The molecule has 19 heavy (non-hydrogen) atoms. The molecule has 0 N–H and O–H groups in total. The predicted octanol–water partition coefficient (Wildman–Crippen LogP) is 4.84. The van der Waals surface area contributed by atoms with Crippen molar-refractivity contribution < 1.29 is 13.2 Å². The van der Waals surface area contributed by atoms with Crippen molar-refractivity contribution in [1.82, 2.24) is 0 Å². The monoisotopic (exact) mass is 446 g/mol. The molecule has 104 valence electrons. The molecule has 0 unspecified atom stereocenters. The molecule has 7 heteroatoms. The lowest BCUT2D eigenvalue weighted by Crippen LogP contribution is -2.20. The third-order valence-corrected chi connectivity index (χ3v) is 2.64. The molecular formula is C12H11BrF3IN2. The zero-order valence-electron chi connectivity index (χ0n) is 9.96. The molecule has 0 fully saturated rings. The molecule has 0 aliphatic carbocycles. The second kappa shape index (κ2) is 7.28. The molecule has 0 saturated carbocycles. The van der Waals surface area contributed by atoms with E-state index in [0.29, 0.717) is 12.4 Å². The van der Waals surface area contributed by atoms with E-state index in [9.17, 15) is 13.2 Å². The van der Waals surface area contributed by atoms with Crippen LogP contribution in [0.1, 0.15) is 5.56 Å². The Morgan fingerprint density at radius 1 is 1.32 bits per heavy atom. The van der Waals surface area contributed by atoms with E-state index in [1.165, 1.54) is 6.07 Å². The van der Waals surface area contributed by atoms with Gasteiger partial charge in [-0.3, -0.25) is 4.99 Å². The first-order chi connectivity index (χ1) is 8.97. The molecule has 1 aromatic carbocycles. The van der Waals surface area contributed by atoms with Gasteiger partial charge in [0.2, 0.25) is 0 Å². The molecule has 0 radical (unpaired) electrons. The Hall–Kier alpha value is -0.570. The van der Waals surface area contributed by atoms with E-state index in [2.05, 4.69) is 43.5 Å². The molecule has 0 aromatic heterocycles. The molecule has 0 amide bonds. The first-order valence-corrected chi connectivity index (χ1v) is 8.11. The van der Waals surface area contributed by atoms with Crippen molar-refractivity contribution in [1.29, 1.82) is 0 Å². The summed E-state index contributed by atoms with van der Waals surface area (Å²) in [4.78, 5) is 7.62. The second-order valence-corrected chi connectivity index (χ2v) is 4.40. The summed E-state index contributed by atoms with van der Waals surface area (Å²) in [5.41, 5.74) is -0.192. The van der Waals surface area contributed by atoms with Gasteiger partial charge in [0.25, 0.3) is 0 Å². The average Bonchev–Trinajstić information content (AvgIpc) is 2.40. The van der Waals surface area contributed by atoms with E-state index in [0.717, 1.165) is 16.6 Å². The maximum Gasteiger partial charge on any atom is 0.416 e. The van der Waals surface area contributed by atoms with Gasteiger partial charge in [-0.2, -0.15) is 13.2 Å². The Bertz CT molecular complexity index is 486. The van der Waals surface area contributed by atoms with Crippen molar-refractivity contribution >= 4 is 50.4 Å². The number of alkyl halides is 4. The van der Waals surface area contributed by atoms with Crippen molar-refractivity contribution in [3.63, 3.8) is 0 Å². The summed E-state index contributed by atoms with van der Waals surface area (Å²) in [7, 11) is 0. The highest BCUT2D eigenvalue weighted by molar-refractivity contribution is 14.1. The molecule has 0 atom stereocenters. The van der Waals surface area contributed by atoms with Crippen LogP contribution in [0.3, 0.4) is 0 Å². The van der Waals surface area contributed by atoms with E-state index in [4.69, 9.17) is 0 Å². The summed E-state index contributed by atoms with van der Waals surface area (Å²) >= 11 is 5.38. The normalized spacial score (nSPS) is 14.6. The van der Waals surface area contributed by atoms with Crippen LogP contribution in [0, 0.1) is 0 Å². The predicted molar refractivity (Wildman–Crippen MR) is 84.2 cm³/mol. The van der Waals surface area contributed by atoms with Gasteiger partial charge in [0, 0.05) is 18.1 Å². The molecule has 0 bridgehead atoms. The Morgan fingerprint density at radius 2 is 2.00 bits per heavy atom. The fraction of sp³-hybridized carbons (Fsp3) is 0.250. The van der Waals surface area contributed by atoms with E-state index in [1.54, 1.807) is 23.4 Å². The van der Waals surface area contributed by atoms with Crippen LogP contribution < -0.4 is 4.90 Å². The molecule has 1 aliphatic rings. The van der Waals surface area contributed by atoms with E-state index < -0.39 is 11.7 Å². The SMILES string of the molecule is CI.FC(F)(F)c1cccc(N2C=C(Br)C=NC2)c1. The van der Waals surface area contributed by atoms with Crippen molar-refractivity contribution in [3.8, 4) is 0 Å². The van der Waals surface area contributed by atoms with Crippen molar-refractivity contribution in [2.45, 2.75) is 6.18 Å². The molecule has 1 aliphatic heterocycles. The number of aliphatic imine (C=N–C) groups is 1. The fourth-order valence-electron chi connectivity index (χ4n) is 1.46. The second-order valence-electron chi connectivity index (χ2n) is 3.48. The lowest BCUT2D eigenvalue weighted by Gasteiger charge is -2.22. The Morgan fingerprint density at radius 3 is 2.58 bits per heavy atom. The van der Waals surface area contributed by atoms with Crippen LogP contribution in [0.25, 0.3) is 0 Å². The fourth-order valence-corrected chi connectivity index (χ4v) is 1.85. The van der Waals surface area contributed by atoms with Crippen LogP contribution in [-0.4, -0.2) is 17.8 Å². The lowest BCUT2D eigenvalue weighted by atomic mass is 10.2. The highest BCUT2D eigenvalue weighted by atomic mass is 127. The summed E-state index contributed by atoms with van der Waals surface area (Å²) in [6, 6.07) is 5.16. The molecule has 0 saturated heterocycles. The van der Waals surface area contributed by atoms with Gasteiger partial charge < -0.3 is 4.90 Å². The minimum Gasteiger partial charge on any atom is -0.327 e. The minimum atomic E-state index is -4.32. The van der Waals surface area contributed by atoms with Gasteiger partial charge in [-0.05, 0) is 39.1 Å². The first kappa shape index (κ1) is 16.5. The van der Waals surface area contributed by atoms with Crippen LogP contribution in [0.4, 0.5) is 18.9 Å². The number of benzene rings is 1. The van der Waals surface area contributed by atoms with Gasteiger partial charge in [-0.15, -0.1) is 0 Å². The van der Waals surface area contributed by atoms with E-state index >= 15 is 0 Å². The van der Waals surface area contributed by atoms with Gasteiger partial charge in [0.05, 0.1) is 10.0 Å². The Kier molecular flexibility index (Phi) is 6.31. The number of hydrogen-bond acceptors (Lipinski definition) is 2. The van der Waals surface area contributed by atoms with Crippen LogP contribution >= 0.6 is 38.5 Å². The molecular weight excluding hydrogens is 436 g/mol. The third-order valence-electron chi connectivity index (χ3n) is 2.23. The van der Waals surface area contributed by atoms with Gasteiger partial charge in [-0.1, -0.05) is 28.7 Å². The van der Waals surface area contributed by atoms with Crippen molar-refractivity contribution in [2.75, 3.05) is 16.5 Å². The number of anilines is 1. The smallest absolute Gasteiger partial charge is 0.327 e. The highest BCUT2D eigenvalue weighted by Crippen LogP contribution is 2.32. The van der Waals surface area contributed by atoms with Gasteiger partial charge in [0.1, 0.15) is 6.67 Å². The zero-order chi connectivity index (χ0) is 14.5. The molecule has 1 aromatic rings.